The lowest BCUT2D eigenvalue weighted by Crippen LogP contribution is -2.18. The van der Waals surface area contributed by atoms with Gasteiger partial charge in [-0.05, 0) is 12.8 Å². The van der Waals surface area contributed by atoms with Crippen LogP contribution in [0.15, 0.2) is 5.16 Å². The Bertz CT molecular complexity index is 177. The predicted molar refractivity (Wildman–Crippen MR) is 46.8 cm³/mol. The van der Waals surface area contributed by atoms with E-state index in [1.807, 2.05) is 0 Å². The van der Waals surface area contributed by atoms with Gasteiger partial charge in [-0.25, -0.2) is 0 Å². The molecule has 1 heterocycles. The van der Waals surface area contributed by atoms with Crippen molar-refractivity contribution in [1.82, 2.24) is 0 Å². The molecule has 0 aliphatic carbocycles. The van der Waals surface area contributed by atoms with Gasteiger partial charge < -0.3 is 9.57 Å². The largest absolute Gasteiger partial charge is 0.383 e. The van der Waals surface area contributed by atoms with Crippen LogP contribution in [0.1, 0.15) is 12.8 Å². The van der Waals surface area contributed by atoms with Crippen LogP contribution in [0.2, 0.25) is 0 Å². The minimum Gasteiger partial charge on any atom is -0.383 e. The first-order chi connectivity index (χ1) is 5.93. The second kappa shape index (κ2) is 5.62. The highest BCUT2D eigenvalue weighted by molar-refractivity contribution is 5.60. The highest BCUT2D eigenvalue weighted by Gasteiger charge is 2.10. The van der Waals surface area contributed by atoms with Crippen molar-refractivity contribution in [3.8, 4) is 12.3 Å². The molecule has 1 atom stereocenters. The fourth-order valence-corrected chi connectivity index (χ4v) is 1.09. The third kappa shape index (κ3) is 3.40. The molecule has 0 amide bonds. The van der Waals surface area contributed by atoms with Crippen molar-refractivity contribution in [1.29, 1.82) is 0 Å². The Morgan fingerprint density at radius 1 is 1.75 bits per heavy atom. The molecule has 0 bridgehead atoms. The fourth-order valence-electron chi connectivity index (χ4n) is 1.09. The van der Waals surface area contributed by atoms with Crippen molar-refractivity contribution in [3.05, 3.63) is 0 Å². The lowest BCUT2D eigenvalue weighted by Gasteiger charge is -2.17. The van der Waals surface area contributed by atoms with Gasteiger partial charge in [-0.2, -0.15) is 0 Å². The van der Waals surface area contributed by atoms with Crippen LogP contribution in [0.5, 0.6) is 0 Å². The molecule has 1 unspecified atom stereocenters. The smallest absolute Gasteiger partial charge is 0.177 e. The van der Waals surface area contributed by atoms with Gasteiger partial charge in [-0.15, -0.1) is 6.42 Å². The third-order valence-corrected chi connectivity index (χ3v) is 1.69. The molecule has 1 saturated heterocycles. The Morgan fingerprint density at radius 2 is 2.67 bits per heavy atom. The molecule has 1 aliphatic rings. The molecule has 66 valence electrons. The molecule has 0 saturated carbocycles. The molecule has 3 nitrogen and oxygen atoms in total. The highest BCUT2D eigenvalue weighted by Crippen LogP contribution is 2.10. The molecule has 1 rings (SSSR count). The first-order valence-electron chi connectivity index (χ1n) is 4.10. The Hall–Kier alpha value is -1.01. The molecule has 0 radical (unpaired) electrons. The van der Waals surface area contributed by atoms with Crippen molar-refractivity contribution in [2.75, 3.05) is 19.8 Å². The number of hydrogen-bond donors (Lipinski definition) is 0. The number of oxime groups is 1. The first-order valence-corrected chi connectivity index (χ1v) is 4.10. The number of terminal acetylenes is 1. The topological polar surface area (TPSA) is 30.8 Å². The van der Waals surface area contributed by atoms with E-state index in [2.05, 4.69) is 11.1 Å². The quantitative estimate of drug-likeness (QED) is 0.272. The average Bonchev–Trinajstić information content (AvgIpc) is 2.14. The summed E-state index contributed by atoms with van der Waals surface area (Å²) in [6.07, 6.45) is 8.98. The number of rotatable bonds is 3. The van der Waals surface area contributed by atoms with Gasteiger partial charge in [0.2, 0.25) is 0 Å². The van der Waals surface area contributed by atoms with E-state index in [1.54, 1.807) is 6.21 Å². The lowest BCUT2D eigenvalue weighted by atomic mass is 10.0. The van der Waals surface area contributed by atoms with E-state index in [-0.39, 0.29) is 6.61 Å². The summed E-state index contributed by atoms with van der Waals surface area (Å²) in [6.45, 7) is 1.86. The molecule has 12 heavy (non-hydrogen) atoms. The van der Waals surface area contributed by atoms with Crippen LogP contribution >= 0.6 is 0 Å². The summed E-state index contributed by atoms with van der Waals surface area (Å²) in [7, 11) is 0. The summed E-state index contributed by atoms with van der Waals surface area (Å²) >= 11 is 0. The van der Waals surface area contributed by atoms with Crippen molar-refractivity contribution >= 4 is 6.21 Å². The molecule has 0 aromatic carbocycles. The summed E-state index contributed by atoms with van der Waals surface area (Å²) in [5.41, 5.74) is 0. The van der Waals surface area contributed by atoms with E-state index in [9.17, 15) is 0 Å². The van der Waals surface area contributed by atoms with Crippen LogP contribution in [0.4, 0.5) is 0 Å². The zero-order chi connectivity index (χ0) is 8.65. The average molecular weight is 167 g/mol. The Labute approximate surface area is 72.7 Å². The Balaban J connectivity index is 2.12. The third-order valence-electron chi connectivity index (χ3n) is 1.69. The number of hydrogen-bond acceptors (Lipinski definition) is 3. The second-order valence-corrected chi connectivity index (χ2v) is 2.71. The molecule has 0 N–H and O–H groups in total. The zero-order valence-corrected chi connectivity index (χ0v) is 7.03. The van der Waals surface area contributed by atoms with Crippen LogP contribution < -0.4 is 0 Å². The van der Waals surface area contributed by atoms with Crippen molar-refractivity contribution in [3.63, 3.8) is 0 Å². The van der Waals surface area contributed by atoms with Crippen LogP contribution in [0.3, 0.4) is 0 Å². The maximum atomic E-state index is 5.25. The molecular weight excluding hydrogens is 154 g/mol. The van der Waals surface area contributed by atoms with Crippen molar-refractivity contribution < 1.29 is 9.57 Å². The second-order valence-electron chi connectivity index (χ2n) is 2.71. The van der Waals surface area contributed by atoms with E-state index < -0.39 is 0 Å². The van der Waals surface area contributed by atoms with Crippen LogP contribution in [0.25, 0.3) is 0 Å². The van der Waals surface area contributed by atoms with Gasteiger partial charge in [0, 0.05) is 18.7 Å². The maximum Gasteiger partial charge on any atom is 0.177 e. The van der Waals surface area contributed by atoms with Gasteiger partial charge in [0.15, 0.2) is 6.61 Å². The van der Waals surface area contributed by atoms with Crippen LogP contribution in [0, 0.1) is 18.3 Å². The molecule has 0 aromatic heterocycles. The van der Waals surface area contributed by atoms with Gasteiger partial charge in [0.05, 0.1) is 6.61 Å². The van der Waals surface area contributed by atoms with E-state index in [1.165, 1.54) is 0 Å². The molecule has 0 spiro atoms. The Kier molecular flexibility index (Phi) is 4.25. The summed E-state index contributed by atoms with van der Waals surface area (Å²) in [5.74, 6) is 2.74. The van der Waals surface area contributed by atoms with E-state index >= 15 is 0 Å². The van der Waals surface area contributed by atoms with Gasteiger partial charge >= 0.3 is 0 Å². The van der Waals surface area contributed by atoms with Gasteiger partial charge in [-0.3, -0.25) is 0 Å². The summed E-state index contributed by atoms with van der Waals surface area (Å²) in [4.78, 5) is 4.76. The monoisotopic (exact) mass is 167 g/mol. The fraction of sp³-hybridized carbons (Fsp3) is 0.667. The maximum absolute atomic E-state index is 5.25. The van der Waals surface area contributed by atoms with Gasteiger partial charge in [0.25, 0.3) is 0 Å². The lowest BCUT2D eigenvalue weighted by molar-refractivity contribution is 0.0763. The van der Waals surface area contributed by atoms with Crippen LogP contribution in [-0.4, -0.2) is 26.0 Å². The number of ether oxygens (including phenoxy) is 1. The molecular formula is C9H13NO2. The predicted octanol–water partition coefficient (Wildman–Crippen LogP) is 1.05. The van der Waals surface area contributed by atoms with Crippen LogP contribution in [-0.2, 0) is 9.57 Å². The Morgan fingerprint density at radius 3 is 3.33 bits per heavy atom. The molecule has 1 fully saturated rings. The molecule has 3 heteroatoms. The minimum absolute atomic E-state index is 0.240. The van der Waals surface area contributed by atoms with Gasteiger partial charge in [0.1, 0.15) is 0 Å². The van der Waals surface area contributed by atoms with E-state index in [0.717, 1.165) is 26.1 Å². The highest BCUT2D eigenvalue weighted by atomic mass is 16.6. The summed E-state index contributed by atoms with van der Waals surface area (Å²) in [5, 5.41) is 3.74. The first kappa shape index (κ1) is 9.08. The van der Waals surface area contributed by atoms with Crippen molar-refractivity contribution in [2.45, 2.75) is 12.8 Å². The van der Waals surface area contributed by atoms with E-state index in [4.69, 9.17) is 16.0 Å². The molecule has 1 aliphatic heterocycles. The SMILES string of the molecule is C#CCO/N=C/C1CCCOC1. The van der Waals surface area contributed by atoms with E-state index in [0.29, 0.717) is 5.92 Å². The van der Waals surface area contributed by atoms with Crippen molar-refractivity contribution in [2.24, 2.45) is 11.1 Å². The molecule has 0 aromatic rings. The minimum atomic E-state index is 0.240. The zero-order valence-electron chi connectivity index (χ0n) is 7.03. The summed E-state index contributed by atoms with van der Waals surface area (Å²) < 4.78 is 5.25. The van der Waals surface area contributed by atoms with Gasteiger partial charge in [-0.1, -0.05) is 11.1 Å². The standard InChI is InChI=1S/C9H13NO2/c1-2-5-12-10-7-9-4-3-6-11-8-9/h1,7,9H,3-6,8H2/b10-7+. The summed E-state index contributed by atoms with van der Waals surface area (Å²) in [6, 6.07) is 0. The normalized spacial score (nSPS) is 23.8. The number of nitrogens with zero attached hydrogens (tertiary/aromatic N) is 1.